The van der Waals surface area contributed by atoms with Gasteiger partial charge < -0.3 is 15.4 Å². The van der Waals surface area contributed by atoms with Crippen molar-refractivity contribution < 1.29 is 9.90 Å². The van der Waals surface area contributed by atoms with Gasteiger partial charge in [0.1, 0.15) is 5.56 Å². The van der Waals surface area contributed by atoms with E-state index in [-0.39, 0.29) is 28.9 Å². The molecule has 1 amide bonds. The number of halogens is 1. The summed E-state index contributed by atoms with van der Waals surface area (Å²) >= 11 is 3.18. The number of nitrogens with one attached hydrogen (secondary N) is 2. The van der Waals surface area contributed by atoms with Gasteiger partial charge in [0, 0.05) is 18.4 Å². The number of aromatic amines is 1. The summed E-state index contributed by atoms with van der Waals surface area (Å²) in [5.74, 6) is -0.0808. The van der Waals surface area contributed by atoms with Crippen LogP contribution in [0.4, 0.5) is 0 Å². The molecule has 0 bridgehead atoms. The van der Waals surface area contributed by atoms with Crippen LogP contribution in [0.15, 0.2) is 15.5 Å². The second kappa shape index (κ2) is 6.54. The zero-order valence-corrected chi connectivity index (χ0v) is 13.0. The van der Waals surface area contributed by atoms with Crippen LogP contribution < -0.4 is 10.7 Å². The maximum atomic E-state index is 12.0. The van der Waals surface area contributed by atoms with Gasteiger partial charge in [-0.1, -0.05) is 6.42 Å². The SMILES string of the molecule is Cc1[nH]cc(C(=O)NCC2CCCC(O)C2)c(=O)c1Br. The van der Waals surface area contributed by atoms with Crippen LogP contribution in [0.2, 0.25) is 0 Å². The van der Waals surface area contributed by atoms with E-state index in [0.29, 0.717) is 23.1 Å². The van der Waals surface area contributed by atoms with Crippen LogP contribution in [0.3, 0.4) is 0 Å². The molecule has 0 spiro atoms. The highest BCUT2D eigenvalue weighted by Gasteiger charge is 2.21. The lowest BCUT2D eigenvalue weighted by atomic mass is 9.87. The smallest absolute Gasteiger partial charge is 0.256 e. The molecular weight excluding hydrogens is 324 g/mol. The van der Waals surface area contributed by atoms with E-state index in [2.05, 4.69) is 26.2 Å². The summed E-state index contributed by atoms with van der Waals surface area (Å²) < 4.78 is 0.387. The molecule has 1 aromatic rings. The topological polar surface area (TPSA) is 82.2 Å². The van der Waals surface area contributed by atoms with Crippen LogP contribution in [0.25, 0.3) is 0 Å². The predicted octanol–water partition coefficient (Wildman–Crippen LogP) is 1.73. The van der Waals surface area contributed by atoms with Gasteiger partial charge in [-0.05, 0) is 48.0 Å². The molecule has 20 heavy (non-hydrogen) atoms. The van der Waals surface area contributed by atoms with Gasteiger partial charge in [0.2, 0.25) is 5.43 Å². The lowest BCUT2D eigenvalue weighted by molar-refractivity contribution is 0.0872. The fourth-order valence-electron chi connectivity index (χ4n) is 2.55. The molecule has 1 heterocycles. The highest BCUT2D eigenvalue weighted by molar-refractivity contribution is 9.10. The molecule has 0 aliphatic heterocycles. The van der Waals surface area contributed by atoms with Crippen LogP contribution in [-0.2, 0) is 0 Å². The Kier molecular flexibility index (Phi) is 4.99. The fourth-order valence-corrected chi connectivity index (χ4v) is 2.87. The summed E-state index contributed by atoms with van der Waals surface area (Å²) in [5.41, 5.74) is 0.503. The Labute approximate surface area is 125 Å². The van der Waals surface area contributed by atoms with Gasteiger partial charge in [-0.2, -0.15) is 0 Å². The zero-order valence-electron chi connectivity index (χ0n) is 11.4. The van der Waals surface area contributed by atoms with Gasteiger partial charge in [-0.3, -0.25) is 9.59 Å². The first kappa shape index (κ1) is 15.3. The third-order valence-corrected chi connectivity index (χ3v) is 4.71. The Morgan fingerprint density at radius 2 is 2.30 bits per heavy atom. The summed E-state index contributed by atoms with van der Waals surface area (Å²) in [4.78, 5) is 26.9. The van der Waals surface area contributed by atoms with Crippen LogP contribution in [-0.4, -0.2) is 28.6 Å². The van der Waals surface area contributed by atoms with Crippen molar-refractivity contribution >= 4 is 21.8 Å². The van der Waals surface area contributed by atoms with Gasteiger partial charge >= 0.3 is 0 Å². The van der Waals surface area contributed by atoms with E-state index in [1.807, 2.05) is 0 Å². The summed E-state index contributed by atoms with van der Waals surface area (Å²) in [6.07, 6.45) is 4.72. The Balaban J connectivity index is 1.99. The van der Waals surface area contributed by atoms with E-state index in [0.717, 1.165) is 19.3 Å². The highest BCUT2D eigenvalue weighted by atomic mass is 79.9. The average Bonchev–Trinajstić information content (AvgIpc) is 2.42. The molecule has 0 aromatic carbocycles. The number of H-pyrrole nitrogens is 1. The lowest BCUT2D eigenvalue weighted by Crippen LogP contribution is -2.35. The van der Waals surface area contributed by atoms with E-state index in [1.54, 1.807) is 6.92 Å². The average molecular weight is 343 g/mol. The number of aliphatic hydroxyl groups is 1. The van der Waals surface area contributed by atoms with E-state index in [1.165, 1.54) is 6.20 Å². The third kappa shape index (κ3) is 3.49. The van der Waals surface area contributed by atoms with Crippen molar-refractivity contribution in [2.24, 2.45) is 5.92 Å². The Bertz CT molecular complexity index is 556. The Morgan fingerprint density at radius 1 is 1.55 bits per heavy atom. The minimum atomic E-state index is -0.369. The number of rotatable bonds is 3. The monoisotopic (exact) mass is 342 g/mol. The second-order valence-corrected chi connectivity index (χ2v) is 6.16. The number of carbonyl (C=O) groups excluding carboxylic acids is 1. The molecule has 1 aromatic heterocycles. The van der Waals surface area contributed by atoms with Gasteiger partial charge in [0.25, 0.3) is 5.91 Å². The number of aryl methyl sites for hydroxylation is 1. The predicted molar refractivity (Wildman–Crippen MR) is 79.8 cm³/mol. The molecule has 0 saturated heterocycles. The van der Waals surface area contributed by atoms with Gasteiger partial charge in [-0.25, -0.2) is 0 Å². The van der Waals surface area contributed by atoms with Crippen molar-refractivity contribution in [1.29, 1.82) is 0 Å². The largest absolute Gasteiger partial charge is 0.393 e. The summed E-state index contributed by atoms with van der Waals surface area (Å²) in [5, 5.41) is 12.4. The number of aliphatic hydroxyl groups excluding tert-OH is 1. The standard InChI is InChI=1S/C14H19BrN2O3/c1-8-12(15)13(19)11(7-16-8)14(20)17-6-9-3-2-4-10(18)5-9/h7,9-10,18H,2-6H2,1H3,(H,16,19)(H,17,20). The number of carbonyl (C=O) groups is 1. The van der Waals surface area contributed by atoms with Crippen LogP contribution >= 0.6 is 15.9 Å². The van der Waals surface area contributed by atoms with Gasteiger partial charge in [0.15, 0.2) is 0 Å². The number of hydrogen-bond donors (Lipinski definition) is 3. The van der Waals surface area contributed by atoms with Crippen molar-refractivity contribution in [1.82, 2.24) is 10.3 Å². The highest BCUT2D eigenvalue weighted by Crippen LogP contribution is 2.23. The van der Waals surface area contributed by atoms with E-state index in [9.17, 15) is 14.7 Å². The molecule has 1 saturated carbocycles. The van der Waals surface area contributed by atoms with E-state index in [4.69, 9.17) is 0 Å². The molecule has 2 atom stereocenters. The zero-order chi connectivity index (χ0) is 14.7. The minimum absolute atomic E-state index is 0.110. The van der Waals surface area contributed by atoms with E-state index >= 15 is 0 Å². The van der Waals surface area contributed by atoms with Crippen molar-refractivity contribution in [3.8, 4) is 0 Å². The molecule has 1 fully saturated rings. The Hall–Kier alpha value is -1.14. The van der Waals surface area contributed by atoms with E-state index < -0.39 is 0 Å². The van der Waals surface area contributed by atoms with Crippen LogP contribution in [0, 0.1) is 12.8 Å². The molecule has 2 unspecified atom stereocenters. The minimum Gasteiger partial charge on any atom is -0.393 e. The summed E-state index contributed by atoms with van der Waals surface area (Å²) in [6.45, 7) is 2.26. The number of hydrogen-bond acceptors (Lipinski definition) is 3. The van der Waals surface area contributed by atoms with Crippen molar-refractivity contribution in [3.05, 3.63) is 32.2 Å². The third-order valence-electron chi connectivity index (χ3n) is 3.76. The molecule has 1 aliphatic carbocycles. The van der Waals surface area contributed by atoms with Crippen molar-refractivity contribution in [3.63, 3.8) is 0 Å². The molecule has 0 radical (unpaired) electrons. The van der Waals surface area contributed by atoms with Crippen LogP contribution in [0.5, 0.6) is 0 Å². The number of aromatic nitrogens is 1. The Morgan fingerprint density at radius 3 is 3.00 bits per heavy atom. The first-order chi connectivity index (χ1) is 9.49. The molecular formula is C14H19BrN2O3. The van der Waals surface area contributed by atoms with Crippen molar-refractivity contribution in [2.45, 2.75) is 38.7 Å². The quantitative estimate of drug-likeness (QED) is 0.782. The molecule has 5 nitrogen and oxygen atoms in total. The first-order valence-corrected chi connectivity index (χ1v) is 7.62. The fraction of sp³-hybridized carbons (Fsp3) is 0.571. The number of pyridine rings is 1. The first-order valence-electron chi connectivity index (χ1n) is 6.83. The summed E-state index contributed by atoms with van der Waals surface area (Å²) in [6, 6.07) is 0. The van der Waals surface area contributed by atoms with Gasteiger partial charge in [-0.15, -0.1) is 0 Å². The maximum absolute atomic E-state index is 12.0. The lowest BCUT2D eigenvalue weighted by Gasteiger charge is -2.25. The molecule has 3 N–H and O–H groups in total. The summed E-state index contributed by atoms with van der Waals surface area (Å²) in [7, 11) is 0. The number of amides is 1. The molecule has 1 aliphatic rings. The molecule has 2 rings (SSSR count). The maximum Gasteiger partial charge on any atom is 0.256 e. The van der Waals surface area contributed by atoms with Gasteiger partial charge in [0.05, 0.1) is 10.6 Å². The normalized spacial score (nSPS) is 22.6. The molecule has 110 valence electrons. The second-order valence-electron chi connectivity index (χ2n) is 5.37. The molecule has 6 heteroatoms. The van der Waals surface area contributed by atoms with Crippen molar-refractivity contribution in [2.75, 3.05) is 6.54 Å². The van der Waals surface area contributed by atoms with Crippen LogP contribution in [0.1, 0.15) is 41.7 Å².